The van der Waals surface area contributed by atoms with Crippen molar-refractivity contribution in [2.24, 2.45) is 0 Å². The molecule has 0 amide bonds. The van der Waals surface area contributed by atoms with Crippen LogP contribution < -0.4 is 5.56 Å². The molecule has 1 fully saturated rings. The largest absolute Gasteiger partial charge is 0.395 e. The second-order valence-corrected chi connectivity index (χ2v) is 5.01. The van der Waals surface area contributed by atoms with E-state index in [0.29, 0.717) is 18.8 Å². The summed E-state index contributed by atoms with van der Waals surface area (Å²) in [4.78, 5) is 14.4. The maximum atomic E-state index is 11.5. The smallest absolute Gasteiger partial charge is 0.251 e. The SMILES string of the molecule is Cc1cc2cc(C3(CO)COC3)ccc2[nH]c1=O. The van der Waals surface area contributed by atoms with Gasteiger partial charge in [0.05, 0.1) is 25.2 Å². The van der Waals surface area contributed by atoms with Crippen molar-refractivity contribution in [3.05, 3.63) is 45.7 Å². The Kier molecular flexibility index (Phi) is 2.50. The molecular formula is C14H15NO3. The van der Waals surface area contributed by atoms with Gasteiger partial charge in [-0.25, -0.2) is 0 Å². The summed E-state index contributed by atoms with van der Waals surface area (Å²) >= 11 is 0. The van der Waals surface area contributed by atoms with Gasteiger partial charge in [-0.2, -0.15) is 0 Å². The molecule has 1 aliphatic rings. The van der Waals surface area contributed by atoms with Crippen LogP contribution >= 0.6 is 0 Å². The molecule has 1 aliphatic heterocycles. The number of aromatic nitrogens is 1. The number of aliphatic hydroxyl groups excluding tert-OH is 1. The molecule has 0 radical (unpaired) electrons. The van der Waals surface area contributed by atoms with E-state index in [4.69, 9.17) is 4.74 Å². The second-order valence-electron chi connectivity index (χ2n) is 5.01. The highest BCUT2D eigenvalue weighted by atomic mass is 16.5. The molecule has 1 aromatic heterocycles. The average molecular weight is 245 g/mol. The zero-order valence-electron chi connectivity index (χ0n) is 10.2. The highest BCUT2D eigenvalue weighted by Gasteiger charge is 2.39. The van der Waals surface area contributed by atoms with E-state index in [2.05, 4.69) is 4.98 Å². The molecule has 0 aliphatic carbocycles. The van der Waals surface area contributed by atoms with Gasteiger partial charge in [0.15, 0.2) is 0 Å². The van der Waals surface area contributed by atoms with Crippen LogP contribution in [0.3, 0.4) is 0 Å². The normalized spacial score (nSPS) is 17.7. The molecule has 0 atom stereocenters. The van der Waals surface area contributed by atoms with Gasteiger partial charge in [0, 0.05) is 11.1 Å². The van der Waals surface area contributed by atoms with Crippen molar-refractivity contribution in [2.45, 2.75) is 12.3 Å². The van der Waals surface area contributed by atoms with E-state index >= 15 is 0 Å². The molecule has 1 saturated heterocycles. The zero-order chi connectivity index (χ0) is 12.8. The monoisotopic (exact) mass is 245 g/mol. The molecular weight excluding hydrogens is 230 g/mol. The lowest BCUT2D eigenvalue weighted by molar-refractivity contribution is -0.0841. The number of aliphatic hydroxyl groups is 1. The van der Waals surface area contributed by atoms with Crippen molar-refractivity contribution >= 4 is 10.9 Å². The van der Waals surface area contributed by atoms with Crippen LogP contribution in [0.15, 0.2) is 29.1 Å². The minimum absolute atomic E-state index is 0.0564. The summed E-state index contributed by atoms with van der Waals surface area (Å²) in [6, 6.07) is 7.74. The Morgan fingerprint density at radius 2 is 2.17 bits per heavy atom. The number of fused-ring (bicyclic) bond motifs is 1. The zero-order valence-corrected chi connectivity index (χ0v) is 10.2. The first-order valence-electron chi connectivity index (χ1n) is 5.97. The summed E-state index contributed by atoms with van der Waals surface area (Å²) in [5, 5.41) is 10.5. The number of nitrogens with one attached hydrogen (secondary N) is 1. The van der Waals surface area contributed by atoms with E-state index in [-0.39, 0.29) is 17.6 Å². The molecule has 18 heavy (non-hydrogen) atoms. The number of rotatable bonds is 2. The first-order valence-corrected chi connectivity index (χ1v) is 5.97. The summed E-state index contributed by atoms with van der Waals surface area (Å²) in [6.45, 7) is 2.98. The first kappa shape index (κ1) is 11.4. The van der Waals surface area contributed by atoms with Crippen molar-refractivity contribution in [2.75, 3.05) is 19.8 Å². The van der Waals surface area contributed by atoms with Gasteiger partial charge in [-0.05, 0) is 36.1 Å². The van der Waals surface area contributed by atoms with Crippen molar-refractivity contribution in [3.63, 3.8) is 0 Å². The maximum absolute atomic E-state index is 11.5. The summed E-state index contributed by atoms with van der Waals surface area (Å²) in [6.07, 6.45) is 0. The van der Waals surface area contributed by atoms with Crippen LogP contribution in [0.1, 0.15) is 11.1 Å². The number of pyridine rings is 1. The molecule has 94 valence electrons. The Morgan fingerprint density at radius 1 is 1.39 bits per heavy atom. The minimum atomic E-state index is -0.266. The summed E-state index contributed by atoms with van der Waals surface area (Å²) in [5.41, 5.74) is 2.26. The van der Waals surface area contributed by atoms with E-state index in [1.54, 1.807) is 6.92 Å². The van der Waals surface area contributed by atoms with Crippen LogP contribution in [-0.2, 0) is 10.2 Å². The minimum Gasteiger partial charge on any atom is -0.395 e. The average Bonchev–Trinajstić information content (AvgIpc) is 2.30. The topological polar surface area (TPSA) is 62.3 Å². The van der Waals surface area contributed by atoms with Crippen molar-refractivity contribution in [1.82, 2.24) is 4.98 Å². The molecule has 4 nitrogen and oxygen atoms in total. The third-order valence-corrected chi connectivity index (χ3v) is 3.70. The molecule has 2 N–H and O–H groups in total. The lowest BCUT2D eigenvalue weighted by Gasteiger charge is -2.40. The van der Waals surface area contributed by atoms with Crippen molar-refractivity contribution < 1.29 is 9.84 Å². The highest BCUT2D eigenvalue weighted by Crippen LogP contribution is 2.33. The van der Waals surface area contributed by atoms with Crippen LogP contribution in [0, 0.1) is 6.92 Å². The predicted octanol–water partition coefficient (Wildman–Crippen LogP) is 1.10. The van der Waals surface area contributed by atoms with Gasteiger partial charge in [0.1, 0.15) is 0 Å². The number of aryl methyl sites for hydroxylation is 1. The lowest BCUT2D eigenvalue weighted by Crippen LogP contribution is -2.49. The quantitative estimate of drug-likeness (QED) is 0.832. The number of ether oxygens (including phenoxy) is 1. The lowest BCUT2D eigenvalue weighted by atomic mass is 9.79. The number of hydrogen-bond donors (Lipinski definition) is 2. The van der Waals surface area contributed by atoms with Gasteiger partial charge in [-0.15, -0.1) is 0 Å². The number of H-pyrrole nitrogens is 1. The highest BCUT2D eigenvalue weighted by molar-refractivity contribution is 5.80. The van der Waals surface area contributed by atoms with E-state index in [0.717, 1.165) is 16.5 Å². The third-order valence-electron chi connectivity index (χ3n) is 3.70. The molecule has 0 saturated carbocycles. The van der Waals surface area contributed by atoms with Gasteiger partial charge in [-0.3, -0.25) is 4.79 Å². The van der Waals surface area contributed by atoms with E-state index in [1.165, 1.54) is 0 Å². The Hall–Kier alpha value is -1.65. The number of aromatic amines is 1. The number of hydrogen-bond acceptors (Lipinski definition) is 3. The van der Waals surface area contributed by atoms with E-state index in [1.807, 2.05) is 24.3 Å². The second kappa shape index (κ2) is 3.93. The summed E-state index contributed by atoms with van der Waals surface area (Å²) < 4.78 is 5.22. The molecule has 1 aromatic carbocycles. The van der Waals surface area contributed by atoms with Gasteiger partial charge < -0.3 is 14.8 Å². The van der Waals surface area contributed by atoms with Gasteiger partial charge in [0.25, 0.3) is 5.56 Å². The van der Waals surface area contributed by atoms with E-state index < -0.39 is 0 Å². The van der Waals surface area contributed by atoms with Gasteiger partial charge in [-0.1, -0.05) is 6.07 Å². The predicted molar refractivity (Wildman–Crippen MR) is 68.9 cm³/mol. The first-order chi connectivity index (χ1) is 8.64. The molecule has 0 spiro atoms. The Labute approximate surface area is 104 Å². The van der Waals surface area contributed by atoms with Crippen LogP contribution in [0.4, 0.5) is 0 Å². The summed E-state index contributed by atoms with van der Waals surface area (Å²) in [7, 11) is 0. The number of benzene rings is 1. The van der Waals surface area contributed by atoms with Crippen LogP contribution in [0.25, 0.3) is 10.9 Å². The maximum Gasteiger partial charge on any atom is 0.251 e. The van der Waals surface area contributed by atoms with Crippen LogP contribution in [0.2, 0.25) is 0 Å². The van der Waals surface area contributed by atoms with Crippen molar-refractivity contribution in [1.29, 1.82) is 0 Å². The molecule has 2 aromatic rings. The fraction of sp³-hybridized carbons (Fsp3) is 0.357. The molecule has 3 rings (SSSR count). The van der Waals surface area contributed by atoms with Gasteiger partial charge in [0.2, 0.25) is 0 Å². The Bertz CT molecular complexity index is 650. The summed E-state index contributed by atoms with van der Waals surface area (Å²) in [5.74, 6) is 0. The molecule has 0 bridgehead atoms. The fourth-order valence-corrected chi connectivity index (χ4v) is 2.34. The molecule has 2 heterocycles. The van der Waals surface area contributed by atoms with Crippen LogP contribution in [-0.4, -0.2) is 29.9 Å². The standard InChI is InChI=1S/C14H15NO3/c1-9-4-10-5-11(14(6-16)7-18-8-14)2-3-12(10)15-13(9)17/h2-5,16H,6-8H2,1H3,(H,15,17). The third kappa shape index (κ3) is 1.57. The Morgan fingerprint density at radius 3 is 2.78 bits per heavy atom. The molecule has 0 unspecified atom stereocenters. The van der Waals surface area contributed by atoms with E-state index in [9.17, 15) is 9.90 Å². The van der Waals surface area contributed by atoms with Gasteiger partial charge >= 0.3 is 0 Å². The fourth-order valence-electron chi connectivity index (χ4n) is 2.34. The van der Waals surface area contributed by atoms with Crippen molar-refractivity contribution in [3.8, 4) is 0 Å². The molecule has 4 heteroatoms. The Balaban J connectivity index is 2.16. The van der Waals surface area contributed by atoms with Crippen LogP contribution in [0.5, 0.6) is 0 Å².